The summed E-state index contributed by atoms with van der Waals surface area (Å²) < 4.78 is 5.48. The Hall–Kier alpha value is -1.88. The number of nitrogens with zero attached hydrogens (tertiary/aromatic N) is 3. The summed E-state index contributed by atoms with van der Waals surface area (Å²) in [6, 6.07) is 4.02. The van der Waals surface area contributed by atoms with Crippen molar-refractivity contribution in [3.05, 3.63) is 41.6 Å². The summed E-state index contributed by atoms with van der Waals surface area (Å²) in [6.45, 7) is 4.17. The molecule has 1 saturated carbocycles. The molecular weight excluding hydrogens is 288 g/mol. The SMILES string of the molecule is c1coc(CN2C[C@H]3Cc4nc(NCC5CC5)ncc4[C@H]3C2)c1. The molecule has 3 heterocycles. The maximum absolute atomic E-state index is 5.48. The lowest BCUT2D eigenvalue weighted by Gasteiger charge is -2.15. The second-order valence-electron chi connectivity index (χ2n) is 7.26. The third kappa shape index (κ3) is 2.63. The van der Waals surface area contributed by atoms with Crippen LogP contribution in [0.3, 0.4) is 0 Å². The second-order valence-corrected chi connectivity index (χ2v) is 7.26. The molecule has 0 radical (unpaired) electrons. The zero-order valence-electron chi connectivity index (χ0n) is 13.2. The van der Waals surface area contributed by atoms with Crippen LogP contribution < -0.4 is 5.32 Å². The van der Waals surface area contributed by atoms with Crippen LogP contribution in [0.25, 0.3) is 0 Å². The molecule has 2 aromatic heterocycles. The molecule has 0 amide bonds. The van der Waals surface area contributed by atoms with Gasteiger partial charge in [-0.3, -0.25) is 4.90 Å². The summed E-state index contributed by atoms with van der Waals surface area (Å²) >= 11 is 0. The Morgan fingerprint density at radius 1 is 1.30 bits per heavy atom. The monoisotopic (exact) mass is 310 g/mol. The normalized spacial score (nSPS) is 26.3. The van der Waals surface area contributed by atoms with Gasteiger partial charge in [0.05, 0.1) is 12.8 Å². The van der Waals surface area contributed by atoms with Crippen molar-refractivity contribution in [1.82, 2.24) is 14.9 Å². The molecule has 23 heavy (non-hydrogen) atoms. The van der Waals surface area contributed by atoms with Gasteiger partial charge in [0, 0.05) is 37.4 Å². The van der Waals surface area contributed by atoms with E-state index in [0.29, 0.717) is 11.8 Å². The number of rotatable bonds is 5. The van der Waals surface area contributed by atoms with Crippen LogP contribution in [0.4, 0.5) is 5.95 Å². The quantitative estimate of drug-likeness (QED) is 0.920. The van der Waals surface area contributed by atoms with Gasteiger partial charge in [-0.1, -0.05) is 0 Å². The largest absolute Gasteiger partial charge is 0.468 e. The summed E-state index contributed by atoms with van der Waals surface area (Å²) in [6.07, 6.45) is 7.63. The van der Waals surface area contributed by atoms with E-state index in [4.69, 9.17) is 9.40 Å². The van der Waals surface area contributed by atoms with E-state index < -0.39 is 0 Å². The Labute approximate surface area is 136 Å². The third-order valence-corrected chi connectivity index (χ3v) is 5.48. The Balaban J connectivity index is 1.27. The van der Waals surface area contributed by atoms with Crippen molar-refractivity contribution in [2.24, 2.45) is 11.8 Å². The number of aromatic nitrogens is 2. The molecule has 1 aliphatic heterocycles. The zero-order chi connectivity index (χ0) is 15.2. The van der Waals surface area contributed by atoms with E-state index in [1.807, 2.05) is 6.07 Å². The molecule has 2 aromatic rings. The molecule has 0 aromatic carbocycles. The predicted octanol–water partition coefficient (Wildman–Crippen LogP) is 2.66. The van der Waals surface area contributed by atoms with Gasteiger partial charge in [-0.25, -0.2) is 9.97 Å². The van der Waals surface area contributed by atoms with Gasteiger partial charge in [0.2, 0.25) is 5.95 Å². The molecular formula is C18H22N4O. The van der Waals surface area contributed by atoms with E-state index >= 15 is 0 Å². The minimum Gasteiger partial charge on any atom is -0.468 e. The first-order valence-corrected chi connectivity index (χ1v) is 8.69. The first-order chi connectivity index (χ1) is 11.3. The van der Waals surface area contributed by atoms with Gasteiger partial charge in [-0.2, -0.15) is 0 Å². The number of hydrogen-bond acceptors (Lipinski definition) is 5. The lowest BCUT2D eigenvalue weighted by Crippen LogP contribution is -2.21. The van der Waals surface area contributed by atoms with Crippen LogP contribution in [0.1, 0.15) is 35.8 Å². The maximum Gasteiger partial charge on any atom is 0.222 e. The van der Waals surface area contributed by atoms with Crippen molar-refractivity contribution >= 4 is 5.95 Å². The Morgan fingerprint density at radius 2 is 2.26 bits per heavy atom. The van der Waals surface area contributed by atoms with Gasteiger partial charge in [-0.15, -0.1) is 0 Å². The van der Waals surface area contributed by atoms with Gasteiger partial charge in [0.15, 0.2) is 0 Å². The highest BCUT2D eigenvalue weighted by molar-refractivity contribution is 5.37. The molecule has 1 saturated heterocycles. The topological polar surface area (TPSA) is 54.2 Å². The summed E-state index contributed by atoms with van der Waals surface area (Å²) in [7, 11) is 0. The first-order valence-electron chi connectivity index (χ1n) is 8.69. The van der Waals surface area contributed by atoms with Crippen molar-refractivity contribution in [1.29, 1.82) is 0 Å². The summed E-state index contributed by atoms with van der Waals surface area (Å²) in [5.41, 5.74) is 2.64. The summed E-state index contributed by atoms with van der Waals surface area (Å²) in [5.74, 6) is 4.01. The summed E-state index contributed by atoms with van der Waals surface area (Å²) in [5, 5.41) is 3.40. The second kappa shape index (κ2) is 5.34. The minimum absolute atomic E-state index is 0.595. The Kier molecular flexibility index (Phi) is 3.14. The Bertz CT molecular complexity index is 695. The fourth-order valence-corrected chi connectivity index (χ4v) is 4.06. The molecule has 120 valence electrons. The summed E-state index contributed by atoms with van der Waals surface area (Å²) in [4.78, 5) is 11.8. The first kappa shape index (κ1) is 13.5. The van der Waals surface area contributed by atoms with E-state index in [-0.39, 0.29) is 0 Å². The molecule has 5 heteroatoms. The van der Waals surface area contributed by atoms with Gasteiger partial charge in [0.25, 0.3) is 0 Å². The highest BCUT2D eigenvalue weighted by Crippen LogP contribution is 2.42. The molecule has 5 nitrogen and oxygen atoms in total. The predicted molar refractivity (Wildman–Crippen MR) is 87.2 cm³/mol. The zero-order valence-corrected chi connectivity index (χ0v) is 13.2. The van der Waals surface area contributed by atoms with Gasteiger partial charge in [0.1, 0.15) is 5.76 Å². The van der Waals surface area contributed by atoms with Crippen LogP contribution in [0.15, 0.2) is 29.0 Å². The van der Waals surface area contributed by atoms with E-state index in [0.717, 1.165) is 50.2 Å². The average Bonchev–Trinajstić information content (AvgIpc) is 2.93. The smallest absolute Gasteiger partial charge is 0.222 e. The van der Waals surface area contributed by atoms with Crippen molar-refractivity contribution in [2.75, 3.05) is 25.0 Å². The highest BCUT2D eigenvalue weighted by atomic mass is 16.3. The van der Waals surface area contributed by atoms with Crippen LogP contribution in [0.5, 0.6) is 0 Å². The molecule has 1 N–H and O–H groups in total. The standard InChI is InChI=1S/C18H22N4O/c1-2-14(23-5-1)10-22-9-13-6-17-15(16(13)11-22)8-20-18(21-17)19-7-12-3-4-12/h1-2,5,8,12-13,16H,3-4,6-7,9-11H2,(H,19,20,21)/t13-,16+/m1/s1. The molecule has 0 bridgehead atoms. The number of anilines is 1. The number of furan rings is 1. The highest BCUT2D eigenvalue weighted by Gasteiger charge is 2.41. The third-order valence-electron chi connectivity index (χ3n) is 5.48. The molecule has 0 spiro atoms. The number of fused-ring (bicyclic) bond motifs is 3. The van der Waals surface area contributed by atoms with Crippen LogP contribution in [0, 0.1) is 11.8 Å². The van der Waals surface area contributed by atoms with Crippen LogP contribution in [0.2, 0.25) is 0 Å². The fraction of sp³-hybridized carbons (Fsp3) is 0.556. The number of likely N-dealkylation sites (tertiary alicyclic amines) is 1. The van der Waals surface area contributed by atoms with Crippen LogP contribution >= 0.6 is 0 Å². The Morgan fingerprint density at radius 3 is 3.09 bits per heavy atom. The lowest BCUT2D eigenvalue weighted by atomic mass is 9.98. The van der Waals surface area contributed by atoms with Gasteiger partial charge >= 0.3 is 0 Å². The van der Waals surface area contributed by atoms with Crippen LogP contribution in [-0.2, 0) is 13.0 Å². The van der Waals surface area contributed by atoms with E-state index in [9.17, 15) is 0 Å². The maximum atomic E-state index is 5.48. The average molecular weight is 310 g/mol. The number of nitrogens with one attached hydrogen (secondary N) is 1. The van der Waals surface area contributed by atoms with E-state index in [2.05, 4.69) is 27.5 Å². The molecule has 5 rings (SSSR count). The van der Waals surface area contributed by atoms with Gasteiger partial charge < -0.3 is 9.73 Å². The van der Waals surface area contributed by atoms with Crippen molar-refractivity contribution < 1.29 is 4.42 Å². The molecule has 2 atom stereocenters. The lowest BCUT2D eigenvalue weighted by molar-refractivity contribution is 0.284. The van der Waals surface area contributed by atoms with Crippen LogP contribution in [-0.4, -0.2) is 34.5 Å². The van der Waals surface area contributed by atoms with Crippen molar-refractivity contribution in [3.8, 4) is 0 Å². The van der Waals surface area contributed by atoms with Crippen molar-refractivity contribution in [2.45, 2.75) is 31.7 Å². The number of hydrogen-bond donors (Lipinski definition) is 1. The molecule has 3 aliphatic rings. The minimum atomic E-state index is 0.595. The molecule has 0 unspecified atom stereocenters. The van der Waals surface area contributed by atoms with E-state index in [1.165, 1.54) is 24.1 Å². The molecule has 2 aliphatic carbocycles. The van der Waals surface area contributed by atoms with Gasteiger partial charge in [-0.05, 0) is 48.8 Å². The molecule has 2 fully saturated rings. The fourth-order valence-electron chi connectivity index (χ4n) is 4.06. The van der Waals surface area contributed by atoms with E-state index in [1.54, 1.807) is 6.26 Å². The van der Waals surface area contributed by atoms with Crippen molar-refractivity contribution in [3.63, 3.8) is 0 Å².